The SMILES string of the molecule is CNc1c(CSc2ncccc2Br)cccc1[N+](=O)[O-]. The summed E-state index contributed by atoms with van der Waals surface area (Å²) in [5.41, 5.74) is 1.52. The number of para-hydroxylation sites is 1. The van der Waals surface area contributed by atoms with Gasteiger partial charge in [0.15, 0.2) is 0 Å². The zero-order valence-corrected chi connectivity index (χ0v) is 13.1. The predicted molar refractivity (Wildman–Crippen MR) is 84.1 cm³/mol. The molecular formula is C13H12BrN3O2S. The Morgan fingerprint density at radius 1 is 1.40 bits per heavy atom. The molecule has 1 N–H and O–H groups in total. The van der Waals surface area contributed by atoms with E-state index in [4.69, 9.17) is 0 Å². The smallest absolute Gasteiger partial charge is 0.292 e. The Labute approximate surface area is 129 Å². The number of nitrogens with one attached hydrogen (secondary N) is 1. The van der Waals surface area contributed by atoms with Gasteiger partial charge in [0.1, 0.15) is 10.7 Å². The number of pyridine rings is 1. The maximum Gasteiger partial charge on any atom is 0.292 e. The van der Waals surface area contributed by atoms with E-state index in [1.165, 1.54) is 17.8 Å². The first-order valence-electron chi connectivity index (χ1n) is 5.81. The van der Waals surface area contributed by atoms with E-state index in [2.05, 4.69) is 26.2 Å². The van der Waals surface area contributed by atoms with E-state index in [-0.39, 0.29) is 10.6 Å². The highest BCUT2D eigenvalue weighted by atomic mass is 79.9. The molecule has 2 rings (SSSR count). The monoisotopic (exact) mass is 353 g/mol. The van der Waals surface area contributed by atoms with E-state index in [1.807, 2.05) is 18.2 Å². The molecule has 2 aromatic rings. The van der Waals surface area contributed by atoms with E-state index in [1.54, 1.807) is 19.3 Å². The minimum Gasteiger partial charge on any atom is -0.382 e. The molecule has 5 nitrogen and oxygen atoms in total. The maximum atomic E-state index is 11.0. The number of halogens is 1. The normalized spacial score (nSPS) is 10.3. The lowest BCUT2D eigenvalue weighted by Gasteiger charge is -2.09. The third-order valence-electron chi connectivity index (χ3n) is 2.66. The third-order valence-corrected chi connectivity index (χ3v) is 4.62. The van der Waals surface area contributed by atoms with Gasteiger partial charge in [0.2, 0.25) is 0 Å². The number of aromatic nitrogens is 1. The van der Waals surface area contributed by atoms with Gasteiger partial charge in [-0.25, -0.2) is 4.98 Å². The molecule has 0 spiro atoms. The Morgan fingerprint density at radius 2 is 2.20 bits per heavy atom. The third kappa shape index (κ3) is 3.29. The highest BCUT2D eigenvalue weighted by Gasteiger charge is 2.16. The molecule has 1 heterocycles. The topological polar surface area (TPSA) is 68.1 Å². The Bertz CT molecular complexity index is 637. The highest BCUT2D eigenvalue weighted by molar-refractivity contribution is 9.10. The molecule has 0 atom stereocenters. The van der Waals surface area contributed by atoms with Crippen LogP contribution in [0.4, 0.5) is 11.4 Å². The van der Waals surface area contributed by atoms with Crippen LogP contribution in [0.5, 0.6) is 0 Å². The number of benzene rings is 1. The summed E-state index contributed by atoms with van der Waals surface area (Å²) in [4.78, 5) is 14.9. The van der Waals surface area contributed by atoms with Gasteiger partial charge in [-0.15, -0.1) is 11.8 Å². The van der Waals surface area contributed by atoms with Crippen LogP contribution >= 0.6 is 27.7 Å². The summed E-state index contributed by atoms with van der Waals surface area (Å²) in [6.45, 7) is 0. The Morgan fingerprint density at radius 3 is 2.85 bits per heavy atom. The standard InChI is InChI=1S/C13H12BrN3O2S/c1-15-12-9(4-2-6-11(12)17(18)19)8-20-13-10(14)5-3-7-16-13/h2-7,15H,8H2,1H3. The van der Waals surface area contributed by atoms with Crippen molar-refractivity contribution in [3.05, 3.63) is 56.7 Å². The van der Waals surface area contributed by atoms with Crippen LogP contribution in [-0.4, -0.2) is 17.0 Å². The summed E-state index contributed by atoms with van der Waals surface area (Å²) in [7, 11) is 1.69. The Kier molecular flexibility index (Phi) is 4.97. The number of hydrogen-bond acceptors (Lipinski definition) is 5. The molecule has 0 saturated heterocycles. The summed E-state index contributed by atoms with van der Waals surface area (Å²) in [5, 5.41) is 14.8. The van der Waals surface area contributed by atoms with Crippen LogP contribution in [0.25, 0.3) is 0 Å². The first-order chi connectivity index (χ1) is 9.63. The second kappa shape index (κ2) is 6.71. The van der Waals surface area contributed by atoms with E-state index in [0.29, 0.717) is 11.4 Å². The minimum atomic E-state index is -0.378. The van der Waals surface area contributed by atoms with Crippen molar-refractivity contribution in [1.29, 1.82) is 0 Å². The number of hydrogen-bond donors (Lipinski definition) is 1. The lowest BCUT2D eigenvalue weighted by Crippen LogP contribution is -2.00. The molecule has 0 amide bonds. The molecule has 0 aliphatic carbocycles. The van der Waals surface area contributed by atoms with Crippen molar-refractivity contribution >= 4 is 39.1 Å². The summed E-state index contributed by atoms with van der Waals surface area (Å²) in [6, 6.07) is 8.84. The van der Waals surface area contributed by atoms with E-state index in [0.717, 1.165) is 15.1 Å². The van der Waals surface area contributed by atoms with Crippen LogP contribution in [0.3, 0.4) is 0 Å². The zero-order valence-electron chi connectivity index (χ0n) is 10.7. The molecule has 20 heavy (non-hydrogen) atoms. The van der Waals surface area contributed by atoms with Crippen molar-refractivity contribution in [3.63, 3.8) is 0 Å². The summed E-state index contributed by atoms with van der Waals surface area (Å²) >= 11 is 4.97. The van der Waals surface area contributed by atoms with Crippen LogP contribution in [0.2, 0.25) is 0 Å². The fraction of sp³-hybridized carbons (Fsp3) is 0.154. The molecule has 1 aromatic heterocycles. The van der Waals surface area contributed by atoms with Gasteiger partial charge >= 0.3 is 0 Å². The highest BCUT2D eigenvalue weighted by Crippen LogP contribution is 2.33. The fourth-order valence-electron chi connectivity index (χ4n) is 1.77. The van der Waals surface area contributed by atoms with E-state index < -0.39 is 0 Å². The van der Waals surface area contributed by atoms with Crippen molar-refractivity contribution in [2.45, 2.75) is 10.8 Å². The average molecular weight is 354 g/mol. The summed E-state index contributed by atoms with van der Waals surface area (Å²) in [5.74, 6) is 0.605. The number of nitro groups is 1. The van der Waals surface area contributed by atoms with Gasteiger partial charge in [-0.1, -0.05) is 12.1 Å². The first kappa shape index (κ1) is 14.8. The Hall–Kier alpha value is -1.60. The van der Waals surface area contributed by atoms with E-state index >= 15 is 0 Å². The number of nitro benzene ring substituents is 1. The largest absolute Gasteiger partial charge is 0.382 e. The lowest BCUT2D eigenvalue weighted by atomic mass is 10.1. The lowest BCUT2D eigenvalue weighted by molar-refractivity contribution is -0.384. The van der Waals surface area contributed by atoms with Crippen LogP contribution < -0.4 is 5.32 Å². The zero-order chi connectivity index (χ0) is 14.5. The molecular weight excluding hydrogens is 342 g/mol. The number of anilines is 1. The van der Waals surface area contributed by atoms with Crippen molar-refractivity contribution in [1.82, 2.24) is 4.98 Å². The van der Waals surface area contributed by atoms with Gasteiger partial charge in [-0.3, -0.25) is 10.1 Å². The van der Waals surface area contributed by atoms with Crippen LogP contribution in [0.15, 0.2) is 46.0 Å². The molecule has 104 valence electrons. The van der Waals surface area contributed by atoms with Gasteiger partial charge in [0, 0.05) is 29.5 Å². The van der Waals surface area contributed by atoms with Crippen molar-refractivity contribution in [2.24, 2.45) is 0 Å². The molecule has 0 aliphatic rings. The van der Waals surface area contributed by atoms with Gasteiger partial charge in [0.25, 0.3) is 5.69 Å². The van der Waals surface area contributed by atoms with Gasteiger partial charge in [-0.05, 0) is 33.6 Å². The predicted octanol–water partition coefficient (Wildman–Crippen LogP) is 4.09. The molecule has 7 heteroatoms. The van der Waals surface area contributed by atoms with Gasteiger partial charge in [-0.2, -0.15) is 0 Å². The molecule has 0 fully saturated rings. The van der Waals surface area contributed by atoms with Crippen molar-refractivity contribution in [2.75, 3.05) is 12.4 Å². The van der Waals surface area contributed by atoms with Crippen molar-refractivity contribution < 1.29 is 4.92 Å². The second-order valence-electron chi connectivity index (χ2n) is 3.90. The fourth-order valence-corrected chi connectivity index (χ4v) is 3.24. The molecule has 0 bridgehead atoms. The second-order valence-corrected chi connectivity index (χ2v) is 5.72. The Balaban J connectivity index is 2.24. The van der Waals surface area contributed by atoms with Crippen LogP contribution in [-0.2, 0) is 5.75 Å². The maximum absolute atomic E-state index is 11.0. The number of thioether (sulfide) groups is 1. The van der Waals surface area contributed by atoms with Gasteiger partial charge < -0.3 is 5.32 Å². The van der Waals surface area contributed by atoms with Crippen molar-refractivity contribution in [3.8, 4) is 0 Å². The average Bonchev–Trinajstić information content (AvgIpc) is 2.45. The number of rotatable bonds is 5. The number of nitrogens with zero attached hydrogens (tertiary/aromatic N) is 2. The quantitative estimate of drug-likeness (QED) is 0.498. The van der Waals surface area contributed by atoms with Crippen LogP contribution in [0, 0.1) is 10.1 Å². The van der Waals surface area contributed by atoms with Gasteiger partial charge in [0.05, 0.1) is 4.92 Å². The summed E-state index contributed by atoms with van der Waals surface area (Å²) in [6.07, 6.45) is 1.72. The first-order valence-corrected chi connectivity index (χ1v) is 7.58. The molecule has 0 unspecified atom stereocenters. The molecule has 0 saturated carbocycles. The minimum absolute atomic E-state index is 0.0886. The van der Waals surface area contributed by atoms with Crippen LogP contribution in [0.1, 0.15) is 5.56 Å². The molecule has 1 aromatic carbocycles. The molecule has 0 aliphatic heterocycles. The van der Waals surface area contributed by atoms with E-state index in [9.17, 15) is 10.1 Å². The molecule has 0 radical (unpaired) electrons. The summed E-state index contributed by atoms with van der Waals surface area (Å²) < 4.78 is 0.918.